The molecule has 0 spiro atoms. The molecule has 0 aliphatic heterocycles. The predicted octanol–water partition coefficient (Wildman–Crippen LogP) is 1.28. The maximum Gasteiger partial charge on any atom is 0.244 e. The fourth-order valence-electron chi connectivity index (χ4n) is 1.14. The van der Waals surface area contributed by atoms with E-state index in [1.807, 2.05) is 0 Å². The van der Waals surface area contributed by atoms with E-state index in [-0.39, 0.29) is 5.28 Å². The molecule has 0 aliphatic rings. The largest absolute Gasteiger partial charge is 0.369 e. The first-order valence-corrected chi connectivity index (χ1v) is 5.30. The van der Waals surface area contributed by atoms with E-state index >= 15 is 0 Å². The van der Waals surface area contributed by atoms with Crippen LogP contribution >= 0.6 is 11.6 Å². The number of nitrogens with zero attached hydrogens (tertiary/aromatic N) is 4. The monoisotopic (exact) mass is 229 g/mol. The van der Waals surface area contributed by atoms with Crippen LogP contribution in [0.15, 0.2) is 6.20 Å². The van der Waals surface area contributed by atoms with E-state index in [2.05, 4.69) is 39.5 Å². The minimum absolute atomic E-state index is 0.174. The lowest BCUT2D eigenvalue weighted by atomic mass is 10.3. The molecule has 1 aromatic rings. The second kappa shape index (κ2) is 6.53. The SMILES string of the molecule is CN(C)CCCCNc1cnnc(Cl)n1. The van der Waals surface area contributed by atoms with E-state index in [1.165, 1.54) is 0 Å². The van der Waals surface area contributed by atoms with Gasteiger partial charge in [0, 0.05) is 6.54 Å². The van der Waals surface area contributed by atoms with Gasteiger partial charge in [-0.1, -0.05) is 0 Å². The Morgan fingerprint density at radius 2 is 2.20 bits per heavy atom. The van der Waals surface area contributed by atoms with Crippen molar-refractivity contribution < 1.29 is 0 Å². The zero-order valence-electron chi connectivity index (χ0n) is 9.07. The smallest absolute Gasteiger partial charge is 0.244 e. The van der Waals surface area contributed by atoms with Gasteiger partial charge in [0.25, 0.3) is 0 Å². The summed E-state index contributed by atoms with van der Waals surface area (Å²) in [5, 5.41) is 10.6. The molecule has 5 nitrogen and oxygen atoms in total. The van der Waals surface area contributed by atoms with Crippen molar-refractivity contribution in [2.75, 3.05) is 32.5 Å². The van der Waals surface area contributed by atoms with Crippen LogP contribution in [0.5, 0.6) is 0 Å². The number of unbranched alkanes of at least 4 members (excludes halogenated alkanes) is 1. The molecule has 0 saturated carbocycles. The Kier molecular flexibility index (Phi) is 5.28. The van der Waals surface area contributed by atoms with E-state index in [9.17, 15) is 0 Å². The molecule has 1 heterocycles. The average Bonchev–Trinajstić information content (AvgIpc) is 2.17. The molecule has 0 bridgehead atoms. The van der Waals surface area contributed by atoms with Crippen LogP contribution in [0.3, 0.4) is 0 Å². The van der Waals surface area contributed by atoms with Gasteiger partial charge in [0.05, 0.1) is 6.20 Å². The van der Waals surface area contributed by atoms with Gasteiger partial charge >= 0.3 is 0 Å². The van der Waals surface area contributed by atoms with Gasteiger partial charge in [-0.2, -0.15) is 10.1 Å². The van der Waals surface area contributed by atoms with Gasteiger partial charge in [0.15, 0.2) is 0 Å². The third kappa shape index (κ3) is 5.49. The maximum absolute atomic E-state index is 5.60. The number of halogens is 1. The van der Waals surface area contributed by atoms with Gasteiger partial charge < -0.3 is 10.2 Å². The van der Waals surface area contributed by atoms with Crippen molar-refractivity contribution in [2.24, 2.45) is 0 Å². The van der Waals surface area contributed by atoms with Crippen LogP contribution in [0, 0.1) is 0 Å². The summed E-state index contributed by atoms with van der Waals surface area (Å²) in [6.07, 6.45) is 3.82. The highest BCUT2D eigenvalue weighted by Crippen LogP contribution is 2.03. The van der Waals surface area contributed by atoms with Crippen LogP contribution in [0.25, 0.3) is 0 Å². The molecule has 0 unspecified atom stereocenters. The quantitative estimate of drug-likeness (QED) is 0.745. The summed E-state index contributed by atoms with van der Waals surface area (Å²) in [6.45, 7) is 1.98. The fourth-order valence-corrected chi connectivity index (χ4v) is 1.27. The Hall–Kier alpha value is -0.940. The second-order valence-corrected chi connectivity index (χ2v) is 3.89. The number of hydrogen-bond donors (Lipinski definition) is 1. The highest BCUT2D eigenvalue weighted by atomic mass is 35.5. The summed E-state index contributed by atoms with van der Waals surface area (Å²) in [5.41, 5.74) is 0. The molecule has 84 valence electrons. The normalized spacial score (nSPS) is 10.7. The van der Waals surface area contributed by atoms with Crippen LogP contribution < -0.4 is 5.32 Å². The molecule has 1 N–H and O–H groups in total. The summed E-state index contributed by atoms with van der Waals surface area (Å²) in [4.78, 5) is 6.15. The molecule has 0 atom stereocenters. The Bertz CT molecular complexity index is 292. The molecule has 1 rings (SSSR count). The number of aromatic nitrogens is 3. The molecule has 0 amide bonds. The molecule has 15 heavy (non-hydrogen) atoms. The van der Waals surface area contributed by atoms with Crippen molar-refractivity contribution in [3.8, 4) is 0 Å². The van der Waals surface area contributed by atoms with Crippen LogP contribution in [-0.2, 0) is 0 Å². The first kappa shape index (κ1) is 12.1. The first-order valence-electron chi connectivity index (χ1n) is 4.92. The summed E-state index contributed by atoms with van der Waals surface area (Å²) in [5.74, 6) is 0.680. The van der Waals surface area contributed by atoms with E-state index in [1.54, 1.807) is 6.20 Å². The molecular weight excluding hydrogens is 214 g/mol. The Balaban J connectivity index is 2.15. The van der Waals surface area contributed by atoms with Gasteiger partial charge in [0.1, 0.15) is 5.82 Å². The van der Waals surface area contributed by atoms with Crippen molar-refractivity contribution in [2.45, 2.75) is 12.8 Å². The van der Waals surface area contributed by atoms with Crippen molar-refractivity contribution in [1.82, 2.24) is 20.1 Å². The summed E-state index contributed by atoms with van der Waals surface area (Å²) in [6, 6.07) is 0. The van der Waals surface area contributed by atoms with Gasteiger partial charge in [-0.15, -0.1) is 5.10 Å². The van der Waals surface area contributed by atoms with Gasteiger partial charge in [-0.25, -0.2) is 0 Å². The summed E-state index contributed by atoms with van der Waals surface area (Å²) < 4.78 is 0. The topological polar surface area (TPSA) is 53.9 Å². The minimum atomic E-state index is 0.174. The number of rotatable bonds is 6. The van der Waals surface area contributed by atoms with Crippen molar-refractivity contribution in [3.63, 3.8) is 0 Å². The molecule has 1 aromatic heterocycles. The number of nitrogens with one attached hydrogen (secondary N) is 1. The van der Waals surface area contributed by atoms with E-state index in [0.29, 0.717) is 5.82 Å². The van der Waals surface area contributed by atoms with Crippen molar-refractivity contribution >= 4 is 17.4 Å². The van der Waals surface area contributed by atoms with Crippen LogP contribution in [0.4, 0.5) is 5.82 Å². The average molecular weight is 230 g/mol. The molecule has 0 aromatic carbocycles. The highest BCUT2D eigenvalue weighted by molar-refractivity contribution is 6.28. The molecule has 6 heteroatoms. The van der Waals surface area contributed by atoms with E-state index in [0.717, 1.165) is 25.9 Å². The zero-order valence-corrected chi connectivity index (χ0v) is 9.83. The van der Waals surface area contributed by atoms with Gasteiger partial charge in [0.2, 0.25) is 5.28 Å². The fraction of sp³-hybridized carbons (Fsp3) is 0.667. The molecule has 0 radical (unpaired) electrons. The highest BCUT2D eigenvalue weighted by Gasteiger charge is 1.96. The molecular formula is C9H16ClN5. The van der Waals surface area contributed by atoms with Crippen molar-refractivity contribution in [1.29, 1.82) is 0 Å². The van der Waals surface area contributed by atoms with Crippen LogP contribution in [-0.4, -0.2) is 47.3 Å². The summed E-state index contributed by atoms with van der Waals surface area (Å²) in [7, 11) is 4.14. The standard InChI is InChI=1S/C9H16ClN5/c1-15(2)6-4-3-5-11-8-7-12-14-9(10)13-8/h7H,3-6H2,1-2H3,(H,11,13,14). The van der Waals surface area contributed by atoms with Crippen molar-refractivity contribution in [3.05, 3.63) is 11.5 Å². The molecule has 0 aliphatic carbocycles. The number of anilines is 1. The minimum Gasteiger partial charge on any atom is -0.369 e. The van der Waals surface area contributed by atoms with Crippen LogP contribution in [0.1, 0.15) is 12.8 Å². The van der Waals surface area contributed by atoms with E-state index < -0.39 is 0 Å². The lowest BCUT2D eigenvalue weighted by Crippen LogP contribution is -2.14. The third-order valence-corrected chi connectivity index (χ3v) is 2.03. The van der Waals surface area contributed by atoms with E-state index in [4.69, 9.17) is 11.6 Å². The third-order valence-electron chi connectivity index (χ3n) is 1.87. The van der Waals surface area contributed by atoms with Gasteiger partial charge in [-0.05, 0) is 45.1 Å². The van der Waals surface area contributed by atoms with Crippen LogP contribution in [0.2, 0.25) is 5.28 Å². The number of hydrogen-bond acceptors (Lipinski definition) is 5. The lowest BCUT2D eigenvalue weighted by molar-refractivity contribution is 0.396. The predicted molar refractivity (Wildman–Crippen MR) is 61.1 cm³/mol. The molecule has 0 fully saturated rings. The lowest BCUT2D eigenvalue weighted by Gasteiger charge is -2.09. The zero-order chi connectivity index (χ0) is 11.1. The Morgan fingerprint density at radius 1 is 1.40 bits per heavy atom. The Labute approximate surface area is 94.9 Å². The maximum atomic E-state index is 5.60. The first-order chi connectivity index (χ1) is 7.18. The Morgan fingerprint density at radius 3 is 2.87 bits per heavy atom. The van der Waals surface area contributed by atoms with Gasteiger partial charge in [-0.3, -0.25) is 0 Å². The second-order valence-electron chi connectivity index (χ2n) is 3.55. The summed E-state index contributed by atoms with van der Waals surface area (Å²) >= 11 is 5.60. The molecule has 0 saturated heterocycles.